The molecule has 0 bridgehead atoms. The van der Waals surface area contributed by atoms with Gasteiger partial charge in [-0.3, -0.25) is 0 Å². The van der Waals surface area contributed by atoms with Crippen molar-refractivity contribution in [3.05, 3.63) is 46.1 Å². The first-order chi connectivity index (χ1) is 16.5. The smallest absolute Gasteiger partial charge is 0.378 e. The Balaban J connectivity index is 1.63. The van der Waals surface area contributed by atoms with Crippen molar-refractivity contribution in [2.24, 2.45) is 0 Å². The summed E-state index contributed by atoms with van der Waals surface area (Å²) in [6, 6.07) is 4.67. The average molecular weight is 520 g/mol. The van der Waals surface area contributed by atoms with Crippen LogP contribution in [0.25, 0.3) is 10.9 Å². The Morgan fingerprint density at radius 1 is 1.03 bits per heavy atom. The summed E-state index contributed by atoms with van der Waals surface area (Å²) in [5.74, 6) is -4.42. The molecule has 13 heteroatoms. The minimum Gasteiger partial charge on any atom is -0.378 e. The SMILES string of the molecule is FC(F)(F)c1nc(N2CCc3c([nH]c4ccc(Cl)cc34)[C@@H]2C[C@H]2CCCCO2)nc(C(F)(F)F)n1. The van der Waals surface area contributed by atoms with E-state index in [0.717, 1.165) is 35.7 Å². The number of fused-ring (bicyclic) bond motifs is 3. The molecule has 2 aliphatic rings. The molecule has 1 saturated heterocycles. The number of rotatable bonds is 3. The van der Waals surface area contributed by atoms with E-state index in [1.165, 1.54) is 4.90 Å². The molecular weight excluding hydrogens is 500 g/mol. The quantitative estimate of drug-likeness (QED) is 0.423. The van der Waals surface area contributed by atoms with Crippen LogP contribution in [0.5, 0.6) is 0 Å². The van der Waals surface area contributed by atoms with E-state index in [-0.39, 0.29) is 12.6 Å². The van der Waals surface area contributed by atoms with Gasteiger partial charge >= 0.3 is 12.4 Å². The molecule has 0 unspecified atom stereocenters. The van der Waals surface area contributed by atoms with Crippen LogP contribution in [0.15, 0.2) is 18.2 Å². The Kier molecular flexibility index (Phi) is 6.07. The molecule has 1 aromatic carbocycles. The Hall–Kier alpha value is -2.60. The fourth-order valence-electron chi connectivity index (χ4n) is 4.81. The van der Waals surface area contributed by atoms with Crippen LogP contribution in [-0.2, 0) is 23.5 Å². The third-order valence-electron chi connectivity index (χ3n) is 6.36. The first-order valence-electron chi connectivity index (χ1n) is 11.1. The van der Waals surface area contributed by atoms with Crippen LogP contribution in [0.2, 0.25) is 5.02 Å². The number of hydrogen-bond donors (Lipinski definition) is 1. The molecule has 0 saturated carbocycles. The number of benzene rings is 1. The number of ether oxygens (including phenoxy) is 1. The molecule has 6 nitrogen and oxygen atoms in total. The maximum Gasteiger partial charge on any atom is 0.451 e. The maximum absolute atomic E-state index is 13.4. The molecule has 188 valence electrons. The second-order valence-electron chi connectivity index (χ2n) is 8.67. The van der Waals surface area contributed by atoms with Gasteiger partial charge in [-0.1, -0.05) is 11.6 Å². The van der Waals surface area contributed by atoms with Gasteiger partial charge in [-0.25, -0.2) is 4.98 Å². The standard InChI is InChI=1S/C22H20ClF6N5O/c23-11-4-5-15-14(9-11)13-6-7-34(16(17(13)30-15)10-12-3-1-2-8-35-12)20-32-18(21(24,25)26)31-19(33-20)22(27,28)29/h4-5,9,12,16,30H,1-3,6-8,10H2/t12-,16+/m1/s1. The Labute approximate surface area is 200 Å². The van der Waals surface area contributed by atoms with Gasteiger partial charge in [0.25, 0.3) is 0 Å². The first-order valence-corrected chi connectivity index (χ1v) is 11.5. The molecule has 2 atom stereocenters. The summed E-state index contributed by atoms with van der Waals surface area (Å²) in [5.41, 5.74) is 2.38. The van der Waals surface area contributed by atoms with Crippen molar-refractivity contribution in [2.75, 3.05) is 18.1 Å². The van der Waals surface area contributed by atoms with Crippen LogP contribution in [-0.4, -0.2) is 39.2 Å². The minimum absolute atomic E-state index is 0.114. The van der Waals surface area contributed by atoms with Gasteiger partial charge in [-0.2, -0.15) is 36.3 Å². The number of halogens is 7. The Morgan fingerprint density at radius 2 is 1.74 bits per heavy atom. The summed E-state index contributed by atoms with van der Waals surface area (Å²) < 4.78 is 86.3. The monoisotopic (exact) mass is 519 g/mol. The second-order valence-corrected chi connectivity index (χ2v) is 9.11. The van der Waals surface area contributed by atoms with Gasteiger partial charge in [0, 0.05) is 34.8 Å². The zero-order valence-electron chi connectivity index (χ0n) is 18.2. The Bertz CT molecular complexity index is 1210. The van der Waals surface area contributed by atoms with Crippen molar-refractivity contribution in [1.29, 1.82) is 0 Å². The van der Waals surface area contributed by atoms with Gasteiger partial charge < -0.3 is 14.6 Å². The number of aromatic nitrogens is 4. The van der Waals surface area contributed by atoms with Crippen molar-refractivity contribution in [3.8, 4) is 0 Å². The van der Waals surface area contributed by atoms with Crippen LogP contribution in [0.1, 0.15) is 54.6 Å². The van der Waals surface area contributed by atoms with Gasteiger partial charge in [0.15, 0.2) is 0 Å². The summed E-state index contributed by atoms with van der Waals surface area (Å²) in [5, 5.41) is 1.39. The third-order valence-corrected chi connectivity index (χ3v) is 6.60. The molecular formula is C22H20ClF6N5O. The Morgan fingerprint density at radius 3 is 2.37 bits per heavy atom. The molecule has 0 amide bonds. The van der Waals surface area contributed by atoms with E-state index in [1.54, 1.807) is 18.2 Å². The molecule has 1 fully saturated rings. The number of nitrogens with one attached hydrogen (secondary N) is 1. The van der Waals surface area contributed by atoms with E-state index >= 15 is 0 Å². The molecule has 0 radical (unpaired) electrons. The normalized spacial score (nSPS) is 21.4. The van der Waals surface area contributed by atoms with Crippen LogP contribution >= 0.6 is 11.6 Å². The van der Waals surface area contributed by atoms with Gasteiger partial charge in [0.2, 0.25) is 17.6 Å². The largest absolute Gasteiger partial charge is 0.451 e. The van der Waals surface area contributed by atoms with Crippen LogP contribution in [0, 0.1) is 0 Å². The van der Waals surface area contributed by atoms with E-state index in [0.29, 0.717) is 30.2 Å². The van der Waals surface area contributed by atoms with E-state index < -0.39 is 36.0 Å². The van der Waals surface area contributed by atoms with E-state index in [2.05, 4.69) is 19.9 Å². The predicted octanol–water partition coefficient (Wildman–Crippen LogP) is 6.11. The number of nitrogens with zero attached hydrogens (tertiary/aromatic N) is 4. The summed E-state index contributed by atoms with van der Waals surface area (Å²) in [6.07, 6.45) is -7.27. The van der Waals surface area contributed by atoms with Gasteiger partial charge in [-0.15, -0.1) is 0 Å². The fraction of sp³-hybridized carbons (Fsp3) is 0.500. The lowest BCUT2D eigenvalue weighted by Crippen LogP contribution is -2.40. The number of H-pyrrole nitrogens is 1. The number of aromatic amines is 1. The lowest BCUT2D eigenvalue weighted by Gasteiger charge is -2.38. The maximum atomic E-state index is 13.4. The topological polar surface area (TPSA) is 66.9 Å². The third kappa shape index (κ3) is 4.77. The summed E-state index contributed by atoms with van der Waals surface area (Å²) >= 11 is 6.17. The summed E-state index contributed by atoms with van der Waals surface area (Å²) in [6.45, 7) is 0.664. The van der Waals surface area contributed by atoms with Gasteiger partial charge in [-0.05, 0) is 55.9 Å². The van der Waals surface area contributed by atoms with Crippen LogP contribution in [0.3, 0.4) is 0 Å². The van der Waals surface area contributed by atoms with Crippen molar-refractivity contribution in [3.63, 3.8) is 0 Å². The molecule has 2 aliphatic heterocycles. The second kappa shape index (κ2) is 8.81. The molecule has 5 rings (SSSR count). The molecule has 0 aliphatic carbocycles. The molecule has 4 heterocycles. The molecule has 1 N–H and O–H groups in total. The highest BCUT2D eigenvalue weighted by atomic mass is 35.5. The highest BCUT2D eigenvalue weighted by molar-refractivity contribution is 6.31. The molecule has 3 aromatic rings. The van der Waals surface area contributed by atoms with Crippen molar-refractivity contribution in [1.82, 2.24) is 19.9 Å². The van der Waals surface area contributed by atoms with E-state index in [4.69, 9.17) is 16.3 Å². The van der Waals surface area contributed by atoms with E-state index in [1.807, 2.05) is 0 Å². The fourth-order valence-corrected chi connectivity index (χ4v) is 4.98. The van der Waals surface area contributed by atoms with Gasteiger partial charge in [0.1, 0.15) is 0 Å². The zero-order valence-corrected chi connectivity index (χ0v) is 18.9. The number of anilines is 1. The highest BCUT2D eigenvalue weighted by Crippen LogP contribution is 2.41. The molecule has 0 spiro atoms. The van der Waals surface area contributed by atoms with Crippen molar-refractivity contribution >= 4 is 28.5 Å². The molecule has 2 aromatic heterocycles. The first kappa shape index (κ1) is 24.1. The molecule has 35 heavy (non-hydrogen) atoms. The lowest BCUT2D eigenvalue weighted by molar-refractivity contribution is -0.155. The van der Waals surface area contributed by atoms with Crippen molar-refractivity contribution < 1.29 is 31.1 Å². The van der Waals surface area contributed by atoms with Crippen molar-refractivity contribution in [2.45, 2.75) is 56.6 Å². The van der Waals surface area contributed by atoms with E-state index in [9.17, 15) is 26.3 Å². The predicted molar refractivity (Wildman–Crippen MR) is 115 cm³/mol. The number of hydrogen-bond acceptors (Lipinski definition) is 5. The average Bonchev–Trinajstić information content (AvgIpc) is 3.17. The summed E-state index contributed by atoms with van der Waals surface area (Å²) in [7, 11) is 0. The lowest BCUT2D eigenvalue weighted by atomic mass is 9.92. The zero-order chi connectivity index (χ0) is 25.0. The minimum atomic E-state index is -5.17. The van der Waals surface area contributed by atoms with Crippen LogP contribution < -0.4 is 4.90 Å². The highest BCUT2D eigenvalue weighted by Gasteiger charge is 2.43. The summed E-state index contributed by atoms with van der Waals surface area (Å²) in [4.78, 5) is 14.2. The van der Waals surface area contributed by atoms with Gasteiger partial charge in [0.05, 0.1) is 12.1 Å². The van der Waals surface area contributed by atoms with Crippen LogP contribution in [0.4, 0.5) is 32.3 Å². The number of alkyl halides is 6.